The molecule has 0 radical (unpaired) electrons. The van der Waals surface area contributed by atoms with Crippen molar-refractivity contribution < 1.29 is 0 Å². The van der Waals surface area contributed by atoms with Crippen LogP contribution in [0.4, 0.5) is 0 Å². The van der Waals surface area contributed by atoms with Crippen LogP contribution in [0.3, 0.4) is 0 Å². The fourth-order valence-corrected chi connectivity index (χ4v) is 3.05. The SMILES string of the molecule is CN=C(NCc1ccc(C#N)cc1)NC1CCN(CC(C)C)CC1.I. The highest BCUT2D eigenvalue weighted by Crippen LogP contribution is 2.12. The van der Waals surface area contributed by atoms with Crippen LogP contribution < -0.4 is 10.6 Å². The number of halogens is 1. The van der Waals surface area contributed by atoms with Gasteiger partial charge in [0.2, 0.25) is 0 Å². The minimum atomic E-state index is 0. The molecule has 1 saturated heterocycles. The molecule has 25 heavy (non-hydrogen) atoms. The first-order valence-electron chi connectivity index (χ1n) is 8.79. The van der Waals surface area contributed by atoms with Crippen molar-refractivity contribution in [3.05, 3.63) is 35.4 Å². The monoisotopic (exact) mass is 455 g/mol. The highest BCUT2D eigenvalue weighted by Gasteiger charge is 2.20. The van der Waals surface area contributed by atoms with Crippen LogP contribution in [0.5, 0.6) is 0 Å². The fourth-order valence-electron chi connectivity index (χ4n) is 3.05. The van der Waals surface area contributed by atoms with Crippen molar-refractivity contribution in [3.8, 4) is 6.07 Å². The molecule has 0 spiro atoms. The van der Waals surface area contributed by atoms with Gasteiger partial charge >= 0.3 is 0 Å². The predicted octanol–water partition coefficient (Wildman–Crippen LogP) is 2.96. The second kappa shape index (κ2) is 11.3. The number of hydrogen-bond donors (Lipinski definition) is 2. The molecule has 0 saturated carbocycles. The minimum Gasteiger partial charge on any atom is -0.354 e. The Balaban J connectivity index is 0.00000312. The van der Waals surface area contributed by atoms with Crippen LogP contribution in [0.1, 0.15) is 37.8 Å². The number of nitriles is 1. The molecule has 1 aliphatic rings. The van der Waals surface area contributed by atoms with Gasteiger partial charge in [0, 0.05) is 39.3 Å². The van der Waals surface area contributed by atoms with Gasteiger partial charge in [0.25, 0.3) is 0 Å². The highest BCUT2D eigenvalue weighted by molar-refractivity contribution is 14.0. The average Bonchev–Trinajstić information content (AvgIpc) is 2.60. The summed E-state index contributed by atoms with van der Waals surface area (Å²) in [5, 5.41) is 15.7. The summed E-state index contributed by atoms with van der Waals surface area (Å²) in [4.78, 5) is 6.88. The molecule has 0 unspecified atom stereocenters. The minimum absolute atomic E-state index is 0. The first-order chi connectivity index (χ1) is 11.6. The molecule has 0 aromatic heterocycles. The number of benzene rings is 1. The van der Waals surface area contributed by atoms with Crippen molar-refractivity contribution in [3.63, 3.8) is 0 Å². The molecule has 1 aromatic carbocycles. The zero-order valence-electron chi connectivity index (χ0n) is 15.5. The largest absolute Gasteiger partial charge is 0.354 e. The van der Waals surface area contributed by atoms with E-state index in [4.69, 9.17) is 5.26 Å². The van der Waals surface area contributed by atoms with Crippen molar-refractivity contribution >= 4 is 29.9 Å². The first-order valence-corrected chi connectivity index (χ1v) is 8.79. The molecule has 1 aromatic rings. The number of likely N-dealkylation sites (tertiary alicyclic amines) is 1. The Kier molecular flexibility index (Phi) is 9.83. The van der Waals surface area contributed by atoms with Gasteiger partial charge in [-0.05, 0) is 36.5 Å². The van der Waals surface area contributed by atoms with Gasteiger partial charge in [-0.25, -0.2) is 0 Å². The van der Waals surface area contributed by atoms with Gasteiger partial charge in [0.05, 0.1) is 11.6 Å². The maximum atomic E-state index is 8.84. The number of nitrogens with one attached hydrogen (secondary N) is 2. The smallest absolute Gasteiger partial charge is 0.191 e. The molecular formula is C19H30IN5. The second-order valence-electron chi connectivity index (χ2n) is 6.85. The van der Waals surface area contributed by atoms with Gasteiger partial charge in [-0.1, -0.05) is 26.0 Å². The summed E-state index contributed by atoms with van der Waals surface area (Å²) in [6, 6.07) is 10.3. The van der Waals surface area contributed by atoms with E-state index >= 15 is 0 Å². The van der Waals surface area contributed by atoms with E-state index < -0.39 is 0 Å². The lowest BCUT2D eigenvalue weighted by molar-refractivity contribution is 0.187. The van der Waals surface area contributed by atoms with Gasteiger partial charge in [-0.2, -0.15) is 5.26 Å². The molecule has 0 bridgehead atoms. The van der Waals surface area contributed by atoms with Crippen molar-refractivity contribution in [1.29, 1.82) is 5.26 Å². The number of hydrogen-bond acceptors (Lipinski definition) is 3. The van der Waals surface area contributed by atoms with Crippen LogP contribution in [-0.4, -0.2) is 43.6 Å². The quantitative estimate of drug-likeness (QED) is 0.407. The number of guanidine groups is 1. The van der Waals surface area contributed by atoms with E-state index in [0.717, 1.165) is 43.4 Å². The van der Waals surface area contributed by atoms with Gasteiger partial charge < -0.3 is 15.5 Å². The number of aliphatic imine (C=N–C) groups is 1. The van der Waals surface area contributed by atoms with E-state index in [1.165, 1.54) is 6.54 Å². The van der Waals surface area contributed by atoms with E-state index in [-0.39, 0.29) is 24.0 Å². The van der Waals surface area contributed by atoms with Crippen LogP contribution in [0.2, 0.25) is 0 Å². The fraction of sp³-hybridized carbons (Fsp3) is 0.579. The van der Waals surface area contributed by atoms with Crippen LogP contribution in [0, 0.1) is 17.2 Å². The van der Waals surface area contributed by atoms with E-state index in [1.807, 2.05) is 31.3 Å². The number of piperidine rings is 1. The molecule has 138 valence electrons. The lowest BCUT2D eigenvalue weighted by Gasteiger charge is -2.34. The standard InChI is InChI=1S/C19H29N5.HI/c1-15(2)14-24-10-8-18(9-11-24)23-19(21-3)22-13-17-6-4-16(12-20)5-7-17;/h4-7,15,18H,8-11,13-14H2,1-3H3,(H2,21,22,23);1H. The van der Waals surface area contributed by atoms with Crippen LogP contribution in [0.25, 0.3) is 0 Å². The summed E-state index contributed by atoms with van der Waals surface area (Å²) in [6.07, 6.45) is 2.31. The summed E-state index contributed by atoms with van der Waals surface area (Å²) >= 11 is 0. The van der Waals surface area contributed by atoms with Crippen molar-refractivity contribution in [2.45, 2.75) is 39.3 Å². The zero-order valence-corrected chi connectivity index (χ0v) is 17.8. The van der Waals surface area contributed by atoms with Gasteiger partial charge in [-0.15, -0.1) is 24.0 Å². The summed E-state index contributed by atoms with van der Waals surface area (Å²) in [5.74, 6) is 1.58. The van der Waals surface area contributed by atoms with Crippen molar-refractivity contribution in [1.82, 2.24) is 15.5 Å². The molecule has 1 fully saturated rings. The highest BCUT2D eigenvalue weighted by atomic mass is 127. The van der Waals surface area contributed by atoms with Crippen molar-refractivity contribution in [2.75, 3.05) is 26.7 Å². The molecule has 1 aliphatic heterocycles. The number of nitrogens with zero attached hydrogens (tertiary/aromatic N) is 3. The Bertz CT molecular complexity index is 568. The van der Waals surface area contributed by atoms with E-state index in [1.54, 1.807) is 0 Å². The molecule has 6 heteroatoms. The zero-order chi connectivity index (χ0) is 17.4. The third kappa shape index (κ3) is 7.61. The lowest BCUT2D eigenvalue weighted by atomic mass is 10.0. The lowest BCUT2D eigenvalue weighted by Crippen LogP contribution is -2.48. The molecular weight excluding hydrogens is 425 g/mol. The van der Waals surface area contributed by atoms with Gasteiger partial charge in [0.1, 0.15) is 0 Å². The second-order valence-corrected chi connectivity index (χ2v) is 6.85. The summed E-state index contributed by atoms with van der Waals surface area (Å²) < 4.78 is 0. The Morgan fingerprint density at radius 2 is 1.92 bits per heavy atom. The topological polar surface area (TPSA) is 63.5 Å². The summed E-state index contributed by atoms with van der Waals surface area (Å²) in [6.45, 7) is 8.76. The Morgan fingerprint density at radius 3 is 2.44 bits per heavy atom. The molecule has 2 N–H and O–H groups in total. The average molecular weight is 455 g/mol. The molecule has 5 nitrogen and oxygen atoms in total. The van der Waals surface area contributed by atoms with Crippen molar-refractivity contribution in [2.24, 2.45) is 10.9 Å². The summed E-state index contributed by atoms with van der Waals surface area (Å²) in [5.41, 5.74) is 1.83. The van der Waals surface area contributed by atoms with Crippen LogP contribution in [0.15, 0.2) is 29.3 Å². The Morgan fingerprint density at radius 1 is 1.28 bits per heavy atom. The van der Waals surface area contributed by atoms with E-state index in [9.17, 15) is 0 Å². The molecule has 0 amide bonds. The number of rotatable bonds is 5. The van der Waals surface area contributed by atoms with Crippen LogP contribution in [-0.2, 0) is 6.54 Å². The van der Waals surface area contributed by atoms with Gasteiger partial charge in [0.15, 0.2) is 5.96 Å². The molecule has 0 atom stereocenters. The van der Waals surface area contributed by atoms with E-state index in [0.29, 0.717) is 18.2 Å². The maximum absolute atomic E-state index is 8.84. The molecule has 1 heterocycles. The van der Waals surface area contributed by atoms with Gasteiger partial charge in [-0.3, -0.25) is 4.99 Å². The van der Waals surface area contributed by atoms with Crippen LogP contribution >= 0.6 is 24.0 Å². The predicted molar refractivity (Wildman–Crippen MR) is 114 cm³/mol. The Hall–Kier alpha value is -1.33. The first kappa shape index (κ1) is 21.7. The molecule has 0 aliphatic carbocycles. The third-order valence-electron chi connectivity index (χ3n) is 4.32. The maximum Gasteiger partial charge on any atom is 0.191 e. The molecule has 2 rings (SSSR count). The Labute approximate surface area is 168 Å². The third-order valence-corrected chi connectivity index (χ3v) is 4.32. The summed E-state index contributed by atoms with van der Waals surface area (Å²) in [7, 11) is 1.81. The van der Waals surface area contributed by atoms with E-state index in [2.05, 4.69) is 40.4 Å². The normalized spacial score (nSPS) is 16.2.